The number of hydrogen-bond donors (Lipinski definition) is 1. The first-order valence-electron chi connectivity index (χ1n) is 9.92. The van der Waals surface area contributed by atoms with Crippen LogP contribution < -0.4 is 10.1 Å². The molecule has 0 radical (unpaired) electrons. The van der Waals surface area contributed by atoms with Gasteiger partial charge in [-0.2, -0.15) is 4.31 Å². The molecule has 1 aliphatic heterocycles. The number of hydrogen-bond acceptors (Lipinski definition) is 4. The highest BCUT2D eigenvalue weighted by Crippen LogP contribution is 2.28. The van der Waals surface area contributed by atoms with E-state index < -0.39 is 10.0 Å². The highest BCUT2D eigenvalue weighted by Gasteiger charge is 2.32. The van der Waals surface area contributed by atoms with E-state index in [1.807, 2.05) is 45.0 Å². The second-order valence-electron chi connectivity index (χ2n) is 7.40. The van der Waals surface area contributed by atoms with Gasteiger partial charge >= 0.3 is 0 Å². The van der Waals surface area contributed by atoms with E-state index in [-0.39, 0.29) is 16.7 Å². The monoisotopic (exact) mass is 416 g/mol. The van der Waals surface area contributed by atoms with Gasteiger partial charge in [0.15, 0.2) is 0 Å². The largest absolute Gasteiger partial charge is 0.494 e. The van der Waals surface area contributed by atoms with Gasteiger partial charge in [-0.05, 0) is 75.1 Å². The van der Waals surface area contributed by atoms with E-state index in [2.05, 4.69) is 5.32 Å². The molecule has 1 fully saturated rings. The Morgan fingerprint density at radius 3 is 2.48 bits per heavy atom. The maximum Gasteiger partial charge on any atom is 0.243 e. The van der Waals surface area contributed by atoms with Crippen LogP contribution in [0, 0.1) is 19.8 Å². The molecule has 1 N–H and O–H groups in total. The van der Waals surface area contributed by atoms with Crippen LogP contribution in [0.1, 0.15) is 30.9 Å². The summed E-state index contributed by atoms with van der Waals surface area (Å²) in [7, 11) is -3.58. The van der Waals surface area contributed by atoms with Crippen LogP contribution in [0.15, 0.2) is 47.4 Å². The van der Waals surface area contributed by atoms with Crippen molar-refractivity contribution >= 4 is 21.6 Å². The van der Waals surface area contributed by atoms with Crippen molar-refractivity contribution in [2.75, 3.05) is 25.0 Å². The van der Waals surface area contributed by atoms with Gasteiger partial charge in [0, 0.05) is 24.7 Å². The van der Waals surface area contributed by atoms with Gasteiger partial charge in [0.1, 0.15) is 5.75 Å². The van der Waals surface area contributed by atoms with Crippen molar-refractivity contribution in [3.05, 3.63) is 53.6 Å². The molecule has 29 heavy (non-hydrogen) atoms. The maximum absolute atomic E-state index is 13.0. The molecule has 6 nitrogen and oxygen atoms in total. The Kier molecular flexibility index (Phi) is 6.59. The van der Waals surface area contributed by atoms with E-state index in [0.29, 0.717) is 38.3 Å². The molecule has 3 rings (SSSR count). The average molecular weight is 417 g/mol. The minimum atomic E-state index is -3.58. The molecule has 1 amide bonds. The second-order valence-corrected chi connectivity index (χ2v) is 9.34. The number of carbonyl (C=O) groups excluding carboxylic acids is 1. The zero-order valence-corrected chi connectivity index (χ0v) is 18.0. The number of nitrogens with zero attached hydrogens (tertiary/aromatic N) is 1. The van der Waals surface area contributed by atoms with Crippen LogP contribution in [-0.2, 0) is 14.8 Å². The highest BCUT2D eigenvalue weighted by atomic mass is 32.2. The minimum absolute atomic E-state index is 0.0513. The van der Waals surface area contributed by atoms with Crippen LogP contribution in [0.3, 0.4) is 0 Å². The third-order valence-electron chi connectivity index (χ3n) is 5.19. The van der Waals surface area contributed by atoms with Gasteiger partial charge in [-0.1, -0.05) is 12.1 Å². The molecule has 0 spiro atoms. The fourth-order valence-corrected chi connectivity index (χ4v) is 5.13. The summed E-state index contributed by atoms with van der Waals surface area (Å²) in [6.45, 7) is 6.91. The molecule has 0 aromatic heterocycles. The van der Waals surface area contributed by atoms with Gasteiger partial charge in [-0.25, -0.2) is 8.42 Å². The smallest absolute Gasteiger partial charge is 0.243 e. The second kappa shape index (κ2) is 8.97. The lowest BCUT2D eigenvalue weighted by Gasteiger charge is -2.30. The Hall–Kier alpha value is -2.38. The summed E-state index contributed by atoms with van der Waals surface area (Å²) < 4.78 is 33.0. The predicted molar refractivity (Wildman–Crippen MR) is 114 cm³/mol. The summed E-state index contributed by atoms with van der Waals surface area (Å²) >= 11 is 0. The maximum atomic E-state index is 13.0. The van der Waals surface area contributed by atoms with Gasteiger partial charge in [-0.15, -0.1) is 0 Å². The first-order valence-corrected chi connectivity index (χ1v) is 11.4. The number of sulfonamides is 1. The number of rotatable bonds is 6. The predicted octanol–water partition coefficient (Wildman–Crippen LogP) is 3.74. The van der Waals surface area contributed by atoms with Gasteiger partial charge in [0.05, 0.1) is 11.5 Å². The van der Waals surface area contributed by atoms with E-state index in [4.69, 9.17) is 4.74 Å². The lowest BCUT2D eigenvalue weighted by Crippen LogP contribution is -2.41. The molecule has 0 atom stereocenters. The standard InChI is InChI=1S/C22H28N2O4S/c1-4-28-21-9-8-20(15-17(21)3)29(26,27)24-12-10-18(11-13-24)22(25)23-19-7-5-6-16(2)14-19/h5-9,14-15,18H,4,10-13H2,1-3H3,(H,23,25). The third kappa shape index (κ3) is 4.97. The lowest BCUT2D eigenvalue weighted by atomic mass is 9.97. The Morgan fingerprint density at radius 1 is 1.14 bits per heavy atom. The average Bonchev–Trinajstić information content (AvgIpc) is 2.69. The van der Waals surface area contributed by atoms with E-state index >= 15 is 0 Å². The zero-order valence-electron chi connectivity index (χ0n) is 17.1. The van der Waals surface area contributed by atoms with Crippen molar-refractivity contribution in [3.8, 4) is 5.75 Å². The van der Waals surface area contributed by atoms with Crippen molar-refractivity contribution in [1.82, 2.24) is 4.31 Å². The summed E-state index contributed by atoms with van der Waals surface area (Å²) in [5.74, 6) is 0.451. The Balaban J connectivity index is 1.63. The first kappa shape index (κ1) is 21.3. The Morgan fingerprint density at radius 2 is 1.86 bits per heavy atom. The number of aryl methyl sites for hydroxylation is 2. The number of benzene rings is 2. The fourth-order valence-electron chi connectivity index (χ4n) is 3.57. The fraction of sp³-hybridized carbons (Fsp3) is 0.409. The number of nitrogens with one attached hydrogen (secondary N) is 1. The summed E-state index contributed by atoms with van der Waals surface area (Å²) in [6, 6.07) is 12.6. The molecule has 7 heteroatoms. The number of anilines is 1. The summed E-state index contributed by atoms with van der Waals surface area (Å²) in [4.78, 5) is 12.8. The molecule has 0 bridgehead atoms. The summed E-state index contributed by atoms with van der Waals surface area (Å²) in [5.41, 5.74) is 2.64. The topological polar surface area (TPSA) is 75.7 Å². The molecule has 2 aromatic carbocycles. The van der Waals surface area contributed by atoms with Gasteiger partial charge in [-0.3, -0.25) is 4.79 Å². The van der Waals surface area contributed by atoms with Crippen molar-refractivity contribution in [3.63, 3.8) is 0 Å². The van der Waals surface area contributed by atoms with Crippen LogP contribution >= 0.6 is 0 Å². The summed E-state index contributed by atoms with van der Waals surface area (Å²) in [5, 5.41) is 2.94. The molecule has 1 heterocycles. The third-order valence-corrected chi connectivity index (χ3v) is 7.09. The molecule has 156 valence electrons. The van der Waals surface area contributed by atoms with Gasteiger partial charge < -0.3 is 10.1 Å². The van der Waals surface area contributed by atoms with Crippen molar-refractivity contribution in [1.29, 1.82) is 0 Å². The SMILES string of the molecule is CCOc1ccc(S(=O)(=O)N2CCC(C(=O)Nc3cccc(C)c3)CC2)cc1C. The molecule has 0 saturated carbocycles. The van der Waals surface area contributed by atoms with Crippen molar-refractivity contribution < 1.29 is 17.9 Å². The molecule has 0 aliphatic carbocycles. The number of carbonyl (C=O) groups is 1. The highest BCUT2D eigenvalue weighted by molar-refractivity contribution is 7.89. The van der Waals surface area contributed by atoms with Crippen molar-refractivity contribution in [2.45, 2.75) is 38.5 Å². The van der Waals surface area contributed by atoms with Crippen LogP contribution in [0.4, 0.5) is 5.69 Å². The molecule has 0 unspecified atom stereocenters. The van der Waals surface area contributed by atoms with Crippen molar-refractivity contribution in [2.24, 2.45) is 5.92 Å². The molecular weight excluding hydrogens is 388 g/mol. The molecule has 1 aliphatic rings. The van der Waals surface area contributed by atoms with E-state index in [1.165, 1.54) is 4.31 Å². The number of amides is 1. The normalized spacial score (nSPS) is 15.8. The zero-order chi connectivity index (χ0) is 21.0. The van der Waals surface area contributed by atoms with Crippen LogP contribution in [0.2, 0.25) is 0 Å². The number of piperidine rings is 1. The van der Waals surface area contributed by atoms with E-state index in [0.717, 1.165) is 16.8 Å². The quantitative estimate of drug-likeness (QED) is 0.778. The van der Waals surface area contributed by atoms with E-state index in [9.17, 15) is 13.2 Å². The van der Waals surface area contributed by atoms with Crippen LogP contribution in [0.5, 0.6) is 5.75 Å². The number of ether oxygens (including phenoxy) is 1. The van der Waals surface area contributed by atoms with Crippen LogP contribution in [0.25, 0.3) is 0 Å². The summed E-state index contributed by atoms with van der Waals surface area (Å²) in [6.07, 6.45) is 1.01. The Bertz CT molecular complexity index is 980. The molecule has 2 aromatic rings. The van der Waals surface area contributed by atoms with Crippen LogP contribution in [-0.4, -0.2) is 38.3 Å². The molecular formula is C22H28N2O4S. The first-order chi connectivity index (χ1) is 13.8. The van der Waals surface area contributed by atoms with Gasteiger partial charge in [0.25, 0.3) is 0 Å². The van der Waals surface area contributed by atoms with Gasteiger partial charge in [0.2, 0.25) is 15.9 Å². The lowest BCUT2D eigenvalue weighted by molar-refractivity contribution is -0.120. The Labute approximate surface area is 172 Å². The van der Waals surface area contributed by atoms with E-state index in [1.54, 1.807) is 18.2 Å². The molecule has 1 saturated heterocycles. The minimum Gasteiger partial charge on any atom is -0.494 e.